The number of aromatic amines is 1. The third kappa shape index (κ3) is 4.30. The minimum Gasteiger partial charge on any atom is -0.466 e. The summed E-state index contributed by atoms with van der Waals surface area (Å²) in [6.07, 6.45) is 4.99. The highest BCUT2D eigenvalue weighted by Crippen LogP contribution is 2.22. The van der Waals surface area contributed by atoms with Crippen molar-refractivity contribution in [3.05, 3.63) is 59.9 Å². The van der Waals surface area contributed by atoms with Crippen LogP contribution < -0.4 is 5.32 Å². The quantitative estimate of drug-likeness (QED) is 0.611. The van der Waals surface area contributed by atoms with Gasteiger partial charge in [-0.05, 0) is 61.7 Å². The molecule has 1 aromatic carbocycles. The minimum absolute atomic E-state index is 0.00650. The smallest absolute Gasteiger partial charge is 0.309 e. The number of ether oxygens (including phenoxy) is 1. The molecule has 0 aliphatic carbocycles. The van der Waals surface area contributed by atoms with E-state index in [-0.39, 0.29) is 17.8 Å². The number of rotatable bonds is 6. The van der Waals surface area contributed by atoms with Gasteiger partial charge in [0.25, 0.3) is 5.91 Å². The highest BCUT2D eigenvalue weighted by Gasteiger charge is 2.28. The molecule has 0 saturated carbocycles. The van der Waals surface area contributed by atoms with Crippen LogP contribution in [-0.4, -0.2) is 46.4 Å². The molecule has 0 spiro atoms. The van der Waals surface area contributed by atoms with Gasteiger partial charge >= 0.3 is 5.97 Å². The number of pyridine rings is 1. The number of nitrogens with zero attached hydrogens (tertiary/aromatic N) is 2. The van der Waals surface area contributed by atoms with E-state index >= 15 is 0 Å². The molecule has 0 unspecified atom stereocenters. The lowest BCUT2D eigenvalue weighted by Gasteiger charge is -2.31. The molecule has 1 aliphatic heterocycles. The topological polar surface area (TPSA) is 87.3 Å². The second kappa shape index (κ2) is 8.98. The Morgan fingerprint density at radius 3 is 2.67 bits per heavy atom. The summed E-state index contributed by atoms with van der Waals surface area (Å²) in [7, 11) is 0. The van der Waals surface area contributed by atoms with Gasteiger partial charge in [-0.25, -0.2) is 4.98 Å². The summed E-state index contributed by atoms with van der Waals surface area (Å²) in [5.41, 5.74) is 3.65. The molecule has 7 nitrogen and oxygen atoms in total. The van der Waals surface area contributed by atoms with E-state index in [0.717, 1.165) is 22.3 Å². The van der Waals surface area contributed by atoms with Gasteiger partial charge in [0.15, 0.2) is 0 Å². The van der Waals surface area contributed by atoms with Crippen LogP contribution in [0.5, 0.6) is 0 Å². The van der Waals surface area contributed by atoms with Gasteiger partial charge in [0.2, 0.25) is 0 Å². The summed E-state index contributed by atoms with van der Waals surface area (Å²) in [5.74, 6) is -0.238. The predicted octanol–water partition coefficient (Wildman–Crippen LogP) is 3.59. The maximum atomic E-state index is 12.8. The number of carbonyl (C=O) groups excluding carboxylic acids is 2. The van der Waals surface area contributed by atoms with Gasteiger partial charge in [0.1, 0.15) is 5.65 Å². The molecule has 3 heterocycles. The van der Waals surface area contributed by atoms with E-state index in [1.165, 1.54) is 0 Å². The fraction of sp³-hybridized carbons (Fsp3) is 0.348. The van der Waals surface area contributed by atoms with Crippen molar-refractivity contribution < 1.29 is 14.3 Å². The fourth-order valence-electron chi connectivity index (χ4n) is 3.86. The number of hydrogen-bond acceptors (Lipinski definition) is 5. The third-order valence-corrected chi connectivity index (χ3v) is 5.57. The van der Waals surface area contributed by atoms with E-state index < -0.39 is 0 Å². The van der Waals surface area contributed by atoms with Crippen LogP contribution in [0.1, 0.15) is 35.7 Å². The lowest BCUT2D eigenvalue weighted by molar-refractivity contribution is -0.149. The first-order chi connectivity index (χ1) is 14.7. The van der Waals surface area contributed by atoms with E-state index in [0.29, 0.717) is 44.6 Å². The summed E-state index contributed by atoms with van der Waals surface area (Å²) in [5, 5.41) is 4.50. The molecule has 1 aliphatic rings. The lowest BCUT2D eigenvalue weighted by atomic mass is 9.96. The molecule has 3 aromatic rings. The summed E-state index contributed by atoms with van der Waals surface area (Å²) < 4.78 is 5.09. The van der Waals surface area contributed by atoms with Gasteiger partial charge in [-0.3, -0.25) is 9.59 Å². The average Bonchev–Trinajstić information content (AvgIpc) is 3.27. The van der Waals surface area contributed by atoms with E-state index in [1.807, 2.05) is 54.4 Å². The summed E-state index contributed by atoms with van der Waals surface area (Å²) in [6, 6.07) is 11.6. The Hall–Kier alpha value is -3.35. The number of amides is 1. The molecular formula is C23H26N4O3. The number of piperidine rings is 1. The first kappa shape index (κ1) is 19.9. The molecule has 2 N–H and O–H groups in total. The number of H-pyrrole nitrogens is 1. The van der Waals surface area contributed by atoms with Gasteiger partial charge in [-0.1, -0.05) is 0 Å². The number of aromatic nitrogens is 2. The van der Waals surface area contributed by atoms with E-state index in [2.05, 4.69) is 15.3 Å². The van der Waals surface area contributed by atoms with Gasteiger partial charge in [-0.15, -0.1) is 0 Å². The minimum atomic E-state index is -0.147. The second-order valence-corrected chi connectivity index (χ2v) is 7.46. The van der Waals surface area contributed by atoms with E-state index in [9.17, 15) is 9.59 Å². The number of hydrogen-bond donors (Lipinski definition) is 2. The zero-order valence-corrected chi connectivity index (χ0v) is 17.1. The van der Waals surface area contributed by atoms with Crippen LogP contribution in [0.25, 0.3) is 11.0 Å². The van der Waals surface area contributed by atoms with Crippen LogP contribution in [-0.2, 0) is 16.1 Å². The first-order valence-corrected chi connectivity index (χ1v) is 10.4. The molecule has 30 heavy (non-hydrogen) atoms. The van der Waals surface area contributed by atoms with E-state index in [4.69, 9.17) is 4.74 Å². The standard InChI is InChI=1S/C23H26N4O3/c1-2-30-23(29)17-9-13-27(14-10-17)22(28)16-3-5-19(6-4-16)26-15-18-7-11-24-21-20(18)8-12-25-21/h3-8,11-12,17,26H,2,9-10,13-15H2,1H3,(H,24,25). The molecule has 2 aromatic heterocycles. The monoisotopic (exact) mass is 406 g/mol. The number of nitrogens with one attached hydrogen (secondary N) is 2. The normalized spacial score (nSPS) is 14.6. The van der Waals surface area contributed by atoms with Crippen molar-refractivity contribution in [2.75, 3.05) is 25.0 Å². The highest BCUT2D eigenvalue weighted by atomic mass is 16.5. The molecule has 1 fully saturated rings. The molecule has 7 heteroatoms. The van der Waals surface area contributed by atoms with Gasteiger partial charge in [0, 0.05) is 48.7 Å². The SMILES string of the molecule is CCOC(=O)C1CCN(C(=O)c2ccc(NCc3ccnc4[nH]ccc34)cc2)CC1. The Bertz CT molecular complexity index is 1020. The molecule has 4 rings (SSSR count). The average molecular weight is 406 g/mol. The third-order valence-electron chi connectivity index (χ3n) is 5.57. The molecule has 0 radical (unpaired) electrons. The first-order valence-electron chi connectivity index (χ1n) is 10.4. The molecule has 1 saturated heterocycles. The maximum absolute atomic E-state index is 12.8. The van der Waals surface area contributed by atoms with E-state index in [1.54, 1.807) is 6.20 Å². The molecule has 0 bridgehead atoms. The zero-order valence-electron chi connectivity index (χ0n) is 17.1. The van der Waals surface area contributed by atoms with Crippen LogP contribution in [0.3, 0.4) is 0 Å². The molecular weight excluding hydrogens is 380 g/mol. The highest BCUT2D eigenvalue weighted by molar-refractivity contribution is 5.94. The number of benzene rings is 1. The van der Waals surface area contributed by atoms with Gasteiger partial charge in [-0.2, -0.15) is 0 Å². The van der Waals surface area contributed by atoms with Crippen molar-refractivity contribution in [2.24, 2.45) is 5.92 Å². The number of likely N-dealkylation sites (tertiary alicyclic amines) is 1. The number of carbonyl (C=O) groups is 2. The summed E-state index contributed by atoms with van der Waals surface area (Å²) in [6.45, 7) is 4.04. The predicted molar refractivity (Wildman–Crippen MR) is 115 cm³/mol. The molecule has 1 amide bonds. The Labute approximate surface area is 175 Å². The Balaban J connectivity index is 1.33. The van der Waals surface area contributed by atoms with Gasteiger partial charge < -0.3 is 19.9 Å². The Morgan fingerprint density at radius 1 is 1.17 bits per heavy atom. The second-order valence-electron chi connectivity index (χ2n) is 7.46. The zero-order chi connectivity index (χ0) is 20.9. The van der Waals surface area contributed by atoms with Crippen molar-refractivity contribution >= 4 is 28.6 Å². The fourth-order valence-corrected chi connectivity index (χ4v) is 3.86. The number of fused-ring (bicyclic) bond motifs is 1. The van der Waals surface area contributed by atoms with Crippen LogP contribution >= 0.6 is 0 Å². The maximum Gasteiger partial charge on any atom is 0.309 e. The van der Waals surface area contributed by atoms with Crippen molar-refractivity contribution in [3.63, 3.8) is 0 Å². The summed E-state index contributed by atoms with van der Waals surface area (Å²) >= 11 is 0. The summed E-state index contributed by atoms with van der Waals surface area (Å²) in [4.78, 5) is 33.9. The largest absolute Gasteiger partial charge is 0.466 e. The van der Waals surface area contributed by atoms with Crippen LogP contribution in [0.4, 0.5) is 5.69 Å². The Kier molecular flexibility index (Phi) is 5.97. The number of esters is 1. The van der Waals surface area contributed by atoms with Crippen LogP contribution in [0, 0.1) is 5.92 Å². The van der Waals surface area contributed by atoms with Crippen molar-refractivity contribution in [1.29, 1.82) is 0 Å². The van der Waals surface area contributed by atoms with Gasteiger partial charge in [0.05, 0.1) is 12.5 Å². The lowest BCUT2D eigenvalue weighted by Crippen LogP contribution is -2.40. The van der Waals surface area contributed by atoms with Crippen molar-refractivity contribution in [1.82, 2.24) is 14.9 Å². The molecule has 0 atom stereocenters. The van der Waals surface area contributed by atoms with Crippen LogP contribution in [0.2, 0.25) is 0 Å². The van der Waals surface area contributed by atoms with Crippen molar-refractivity contribution in [2.45, 2.75) is 26.3 Å². The van der Waals surface area contributed by atoms with Crippen LogP contribution in [0.15, 0.2) is 48.8 Å². The number of anilines is 1. The molecule has 156 valence electrons. The van der Waals surface area contributed by atoms with Crippen molar-refractivity contribution in [3.8, 4) is 0 Å². The Morgan fingerprint density at radius 2 is 1.93 bits per heavy atom.